The largest absolute Gasteiger partial charge is 0.340 e. The first kappa shape index (κ1) is 18.9. The quantitative estimate of drug-likeness (QED) is 0.787. The van der Waals surface area contributed by atoms with Gasteiger partial charge in [-0.2, -0.15) is 0 Å². The highest BCUT2D eigenvalue weighted by Crippen LogP contribution is 2.31. The van der Waals surface area contributed by atoms with Crippen LogP contribution in [0.3, 0.4) is 0 Å². The average Bonchev–Trinajstić information content (AvgIpc) is 3.27. The molecule has 0 aliphatic carbocycles. The first-order chi connectivity index (χ1) is 12.5. The summed E-state index contributed by atoms with van der Waals surface area (Å²) >= 11 is 1.40. The van der Waals surface area contributed by atoms with Crippen molar-refractivity contribution in [3.05, 3.63) is 41.2 Å². The maximum Gasteiger partial charge on any atom is 0.233 e. The summed E-state index contributed by atoms with van der Waals surface area (Å²) in [5.74, 6) is 1.73. The number of thioether (sulfide) groups is 1. The normalized spacial score (nSPS) is 20.1. The summed E-state index contributed by atoms with van der Waals surface area (Å²) in [6, 6.07) is 9.02. The Balaban J connectivity index is 1.64. The van der Waals surface area contributed by atoms with E-state index in [0.29, 0.717) is 22.9 Å². The van der Waals surface area contributed by atoms with Gasteiger partial charge in [-0.1, -0.05) is 48.5 Å². The second-order valence-electron chi connectivity index (χ2n) is 7.05. The van der Waals surface area contributed by atoms with Gasteiger partial charge in [-0.05, 0) is 26.6 Å². The molecule has 26 heavy (non-hydrogen) atoms. The summed E-state index contributed by atoms with van der Waals surface area (Å²) < 4.78 is 0. The van der Waals surface area contributed by atoms with Gasteiger partial charge in [0, 0.05) is 31.5 Å². The van der Waals surface area contributed by atoms with Gasteiger partial charge in [0.05, 0.1) is 5.75 Å². The van der Waals surface area contributed by atoms with Gasteiger partial charge in [0.1, 0.15) is 5.82 Å². The molecule has 6 nitrogen and oxygen atoms in total. The molecule has 1 saturated heterocycles. The number of amides is 1. The lowest BCUT2D eigenvalue weighted by molar-refractivity contribution is -0.127. The van der Waals surface area contributed by atoms with Crippen LogP contribution in [0.1, 0.15) is 29.8 Å². The Hall–Kier alpha value is -1.86. The SMILES string of the molecule is CCc1nc(SCC(=O)N2C[C@@H](N(C)C)[C@H](c3ccc(C)cc3)C2)n[nH]1. The van der Waals surface area contributed by atoms with Crippen LogP contribution in [-0.2, 0) is 11.2 Å². The Labute approximate surface area is 159 Å². The molecule has 1 aliphatic rings. The second-order valence-corrected chi connectivity index (χ2v) is 8.00. The summed E-state index contributed by atoms with van der Waals surface area (Å²) in [5.41, 5.74) is 2.56. The molecule has 2 heterocycles. The number of nitrogens with zero attached hydrogens (tertiary/aromatic N) is 4. The van der Waals surface area contributed by atoms with Crippen LogP contribution >= 0.6 is 11.8 Å². The van der Waals surface area contributed by atoms with Crippen molar-refractivity contribution in [1.29, 1.82) is 0 Å². The monoisotopic (exact) mass is 373 g/mol. The highest BCUT2D eigenvalue weighted by atomic mass is 32.2. The molecule has 1 aliphatic heterocycles. The molecule has 140 valence electrons. The molecule has 3 rings (SSSR count). The maximum atomic E-state index is 12.7. The molecule has 0 saturated carbocycles. The van der Waals surface area contributed by atoms with Crippen LogP contribution in [0.4, 0.5) is 0 Å². The van der Waals surface area contributed by atoms with Crippen molar-refractivity contribution in [1.82, 2.24) is 25.0 Å². The summed E-state index contributed by atoms with van der Waals surface area (Å²) in [6.07, 6.45) is 0.816. The van der Waals surface area contributed by atoms with Crippen LogP contribution < -0.4 is 0 Å². The molecule has 1 aromatic carbocycles. The van der Waals surface area contributed by atoms with E-state index in [4.69, 9.17) is 0 Å². The Bertz CT molecular complexity index is 743. The van der Waals surface area contributed by atoms with Gasteiger partial charge in [-0.25, -0.2) is 4.98 Å². The summed E-state index contributed by atoms with van der Waals surface area (Å²) in [6.45, 7) is 5.65. The highest BCUT2D eigenvalue weighted by molar-refractivity contribution is 7.99. The van der Waals surface area contributed by atoms with E-state index in [0.717, 1.165) is 25.3 Å². The predicted molar refractivity (Wildman–Crippen MR) is 104 cm³/mol. The van der Waals surface area contributed by atoms with E-state index in [1.807, 2.05) is 11.8 Å². The molecule has 0 radical (unpaired) electrons. The topological polar surface area (TPSA) is 65.1 Å². The van der Waals surface area contributed by atoms with E-state index < -0.39 is 0 Å². The number of aromatic nitrogens is 3. The molecule has 1 aromatic heterocycles. The Morgan fingerprint density at radius 3 is 2.65 bits per heavy atom. The van der Waals surface area contributed by atoms with E-state index in [2.05, 4.69) is 65.4 Å². The molecular weight excluding hydrogens is 346 g/mol. The molecule has 1 N–H and O–H groups in total. The fraction of sp³-hybridized carbons (Fsp3) is 0.526. The van der Waals surface area contributed by atoms with Gasteiger partial charge >= 0.3 is 0 Å². The summed E-state index contributed by atoms with van der Waals surface area (Å²) in [4.78, 5) is 21.3. The van der Waals surface area contributed by atoms with Crippen LogP contribution in [0.15, 0.2) is 29.4 Å². The van der Waals surface area contributed by atoms with E-state index in [1.54, 1.807) is 0 Å². The zero-order valence-electron chi connectivity index (χ0n) is 15.9. The number of aromatic amines is 1. The van der Waals surface area contributed by atoms with Gasteiger partial charge in [0.15, 0.2) is 0 Å². The zero-order valence-corrected chi connectivity index (χ0v) is 16.7. The van der Waals surface area contributed by atoms with Gasteiger partial charge in [-0.15, -0.1) is 5.10 Å². The Kier molecular flexibility index (Phi) is 5.98. The summed E-state index contributed by atoms with van der Waals surface area (Å²) in [7, 11) is 4.18. The molecule has 7 heteroatoms. The van der Waals surface area contributed by atoms with Crippen LogP contribution in [0.2, 0.25) is 0 Å². The number of aryl methyl sites for hydroxylation is 2. The molecule has 1 amide bonds. The average molecular weight is 374 g/mol. The Morgan fingerprint density at radius 2 is 2.04 bits per heavy atom. The van der Waals surface area contributed by atoms with E-state index in [-0.39, 0.29) is 5.91 Å². The van der Waals surface area contributed by atoms with Crippen LogP contribution in [-0.4, -0.2) is 69.9 Å². The molecule has 0 bridgehead atoms. The number of H-pyrrole nitrogens is 1. The fourth-order valence-electron chi connectivity index (χ4n) is 3.37. The number of rotatable bonds is 6. The van der Waals surface area contributed by atoms with E-state index >= 15 is 0 Å². The smallest absolute Gasteiger partial charge is 0.233 e. The number of hydrogen-bond acceptors (Lipinski definition) is 5. The third kappa shape index (κ3) is 4.27. The van der Waals surface area contributed by atoms with E-state index in [1.165, 1.54) is 22.9 Å². The number of likely N-dealkylation sites (tertiary alicyclic amines) is 1. The molecule has 2 atom stereocenters. The molecule has 2 aromatic rings. The predicted octanol–water partition coefficient (Wildman–Crippen LogP) is 2.32. The number of hydrogen-bond donors (Lipinski definition) is 1. The van der Waals surface area contributed by atoms with Crippen LogP contribution in [0, 0.1) is 6.92 Å². The van der Waals surface area contributed by atoms with Crippen molar-refractivity contribution >= 4 is 17.7 Å². The second kappa shape index (κ2) is 8.22. The highest BCUT2D eigenvalue weighted by Gasteiger charge is 2.37. The number of nitrogens with one attached hydrogen (secondary N) is 1. The minimum absolute atomic E-state index is 0.152. The minimum Gasteiger partial charge on any atom is -0.340 e. The zero-order chi connectivity index (χ0) is 18.7. The Morgan fingerprint density at radius 1 is 1.31 bits per heavy atom. The number of benzene rings is 1. The molecule has 0 unspecified atom stereocenters. The van der Waals surface area contributed by atoms with Crippen molar-refractivity contribution < 1.29 is 4.79 Å². The van der Waals surface area contributed by atoms with Gasteiger partial charge in [0.2, 0.25) is 11.1 Å². The first-order valence-corrected chi connectivity index (χ1v) is 10.0. The van der Waals surface area contributed by atoms with Crippen molar-refractivity contribution in [2.45, 2.75) is 37.4 Å². The first-order valence-electron chi connectivity index (χ1n) is 9.02. The van der Waals surface area contributed by atoms with Crippen LogP contribution in [0.5, 0.6) is 0 Å². The lowest BCUT2D eigenvalue weighted by atomic mass is 9.93. The van der Waals surface area contributed by atoms with Crippen molar-refractivity contribution in [3.8, 4) is 0 Å². The van der Waals surface area contributed by atoms with Crippen LogP contribution in [0.25, 0.3) is 0 Å². The third-order valence-corrected chi connectivity index (χ3v) is 5.81. The molecule has 1 fully saturated rings. The molecule has 0 spiro atoms. The van der Waals surface area contributed by atoms with Gasteiger partial charge < -0.3 is 9.80 Å². The van der Waals surface area contributed by atoms with Gasteiger partial charge in [-0.3, -0.25) is 9.89 Å². The minimum atomic E-state index is 0.152. The lowest BCUT2D eigenvalue weighted by Gasteiger charge is -2.25. The number of carbonyl (C=O) groups excluding carboxylic acids is 1. The molecular formula is C19H27N5OS. The fourth-order valence-corrected chi connectivity index (χ4v) is 4.09. The van der Waals surface area contributed by atoms with Crippen molar-refractivity contribution in [2.75, 3.05) is 32.9 Å². The van der Waals surface area contributed by atoms with E-state index in [9.17, 15) is 4.79 Å². The maximum absolute atomic E-state index is 12.7. The van der Waals surface area contributed by atoms with Crippen molar-refractivity contribution in [3.63, 3.8) is 0 Å². The lowest BCUT2D eigenvalue weighted by Crippen LogP contribution is -2.36. The third-order valence-electron chi connectivity index (χ3n) is 4.98. The number of likely N-dealkylation sites (N-methyl/N-ethyl adjacent to an activating group) is 1. The summed E-state index contributed by atoms with van der Waals surface area (Å²) in [5, 5.41) is 7.68. The van der Waals surface area contributed by atoms with Gasteiger partial charge in [0.25, 0.3) is 0 Å². The van der Waals surface area contributed by atoms with Crippen molar-refractivity contribution in [2.24, 2.45) is 0 Å². The number of carbonyl (C=O) groups is 1. The standard InChI is InChI=1S/C19H27N5OS/c1-5-17-20-19(22-21-17)26-12-18(25)24-10-15(16(11-24)23(3)4)14-8-6-13(2)7-9-14/h6-9,15-16H,5,10-12H2,1-4H3,(H,20,21,22)/t15-,16+/m0/s1.